The summed E-state index contributed by atoms with van der Waals surface area (Å²) in [6.07, 6.45) is 4.71. The normalized spacial score (nSPS) is 16.8. The van der Waals surface area contributed by atoms with Crippen molar-refractivity contribution < 1.29 is 9.66 Å². The Labute approximate surface area is 103 Å². The lowest BCUT2D eigenvalue weighted by atomic mass is 10.0. The van der Waals surface area contributed by atoms with Crippen molar-refractivity contribution in [3.63, 3.8) is 0 Å². The topological polar surface area (TPSA) is 77.3 Å². The monoisotopic (exact) mass is 257 g/mol. The summed E-state index contributed by atoms with van der Waals surface area (Å²) in [6.45, 7) is 1.58. The predicted molar refractivity (Wildman–Crippen MR) is 65.4 cm³/mol. The molecule has 0 saturated heterocycles. The molecule has 0 amide bonds. The number of rotatable bonds is 7. The van der Waals surface area contributed by atoms with Crippen LogP contribution in [0.5, 0.6) is 0 Å². The fraction of sp³-hybridized carbons (Fsp3) is 0.700. The Balaban J connectivity index is 1.83. The number of methoxy groups -OCH3 is 1. The summed E-state index contributed by atoms with van der Waals surface area (Å²) in [4.78, 5) is 14.1. The van der Waals surface area contributed by atoms with Gasteiger partial charge in [-0.05, 0) is 36.0 Å². The molecule has 0 radical (unpaired) electrons. The molecule has 0 aromatic carbocycles. The first-order valence-corrected chi connectivity index (χ1v) is 6.30. The molecule has 0 aliphatic heterocycles. The average molecular weight is 257 g/mol. The van der Waals surface area contributed by atoms with Crippen molar-refractivity contribution in [3.05, 3.63) is 16.3 Å². The Hall–Kier alpha value is -1.21. The SMILES string of the molecule is COCCC1(CNc2ncc([N+](=O)[O-])s2)CC1. The fourth-order valence-corrected chi connectivity index (χ4v) is 2.33. The summed E-state index contributed by atoms with van der Waals surface area (Å²) in [5.41, 5.74) is 0.316. The molecule has 1 aliphatic carbocycles. The van der Waals surface area contributed by atoms with Gasteiger partial charge in [0.15, 0.2) is 5.13 Å². The quantitative estimate of drug-likeness (QED) is 0.599. The number of thiazole rings is 1. The molecule has 2 rings (SSSR count). The van der Waals surface area contributed by atoms with Crippen molar-refractivity contribution in [2.24, 2.45) is 5.41 Å². The van der Waals surface area contributed by atoms with Crippen molar-refractivity contribution in [1.29, 1.82) is 0 Å². The van der Waals surface area contributed by atoms with E-state index in [-0.39, 0.29) is 5.00 Å². The van der Waals surface area contributed by atoms with Crippen molar-refractivity contribution in [3.8, 4) is 0 Å². The van der Waals surface area contributed by atoms with E-state index >= 15 is 0 Å². The summed E-state index contributed by atoms with van der Waals surface area (Å²) in [5.74, 6) is 0. The van der Waals surface area contributed by atoms with Crippen LogP contribution in [0.4, 0.5) is 10.1 Å². The third-order valence-electron chi connectivity index (χ3n) is 3.08. The summed E-state index contributed by atoms with van der Waals surface area (Å²) in [5, 5.41) is 14.4. The summed E-state index contributed by atoms with van der Waals surface area (Å²) in [6, 6.07) is 0. The minimum absolute atomic E-state index is 0.0780. The van der Waals surface area contributed by atoms with Crippen LogP contribution in [0.25, 0.3) is 0 Å². The largest absolute Gasteiger partial charge is 0.385 e. The molecule has 1 heterocycles. The highest BCUT2D eigenvalue weighted by atomic mass is 32.1. The van der Waals surface area contributed by atoms with Crippen LogP contribution in [-0.2, 0) is 4.74 Å². The van der Waals surface area contributed by atoms with Gasteiger partial charge in [-0.2, -0.15) is 0 Å². The molecule has 94 valence electrons. The van der Waals surface area contributed by atoms with Crippen LogP contribution < -0.4 is 5.32 Å². The van der Waals surface area contributed by atoms with E-state index in [1.807, 2.05) is 0 Å². The van der Waals surface area contributed by atoms with E-state index in [0.717, 1.165) is 30.9 Å². The van der Waals surface area contributed by atoms with E-state index in [1.54, 1.807) is 7.11 Å². The van der Waals surface area contributed by atoms with Crippen molar-refractivity contribution in [2.45, 2.75) is 19.3 Å². The first-order valence-electron chi connectivity index (χ1n) is 5.48. The number of aromatic nitrogens is 1. The van der Waals surface area contributed by atoms with Gasteiger partial charge in [-0.15, -0.1) is 0 Å². The minimum atomic E-state index is -0.416. The maximum Gasteiger partial charge on any atom is 0.345 e. The van der Waals surface area contributed by atoms with Crippen molar-refractivity contribution in [2.75, 3.05) is 25.6 Å². The molecule has 6 nitrogen and oxygen atoms in total. The lowest BCUT2D eigenvalue weighted by Gasteiger charge is -2.14. The van der Waals surface area contributed by atoms with Crippen LogP contribution in [-0.4, -0.2) is 30.2 Å². The molecule has 0 bridgehead atoms. The minimum Gasteiger partial charge on any atom is -0.385 e. The molecule has 1 aromatic heterocycles. The van der Waals surface area contributed by atoms with Crippen LogP contribution in [0, 0.1) is 15.5 Å². The Kier molecular flexibility index (Phi) is 3.58. The maximum atomic E-state index is 10.5. The Morgan fingerprint density at radius 2 is 2.47 bits per heavy atom. The van der Waals surface area contributed by atoms with Crippen LogP contribution in [0.15, 0.2) is 6.20 Å². The molecular weight excluding hydrogens is 242 g/mol. The van der Waals surface area contributed by atoms with Gasteiger partial charge in [0.25, 0.3) is 0 Å². The first-order chi connectivity index (χ1) is 8.15. The van der Waals surface area contributed by atoms with E-state index < -0.39 is 4.92 Å². The zero-order valence-corrected chi connectivity index (χ0v) is 10.5. The summed E-state index contributed by atoms with van der Waals surface area (Å²) in [7, 11) is 1.70. The molecule has 17 heavy (non-hydrogen) atoms. The second kappa shape index (κ2) is 4.97. The van der Waals surface area contributed by atoms with Crippen LogP contribution >= 0.6 is 11.3 Å². The predicted octanol–water partition coefficient (Wildman–Crippen LogP) is 2.28. The van der Waals surface area contributed by atoms with Gasteiger partial charge in [0.1, 0.15) is 6.20 Å². The second-order valence-corrected chi connectivity index (χ2v) is 5.37. The number of hydrogen-bond acceptors (Lipinski definition) is 6. The Morgan fingerprint density at radius 1 is 1.71 bits per heavy atom. The third-order valence-corrected chi connectivity index (χ3v) is 3.99. The Morgan fingerprint density at radius 3 is 3.00 bits per heavy atom. The number of hydrogen-bond donors (Lipinski definition) is 1. The van der Waals surface area contributed by atoms with Gasteiger partial charge in [-0.1, -0.05) is 0 Å². The number of nitrogens with zero attached hydrogens (tertiary/aromatic N) is 2. The highest BCUT2D eigenvalue weighted by Gasteiger charge is 2.41. The van der Waals surface area contributed by atoms with E-state index in [2.05, 4.69) is 10.3 Å². The van der Waals surface area contributed by atoms with Gasteiger partial charge in [-0.3, -0.25) is 10.1 Å². The fourth-order valence-electron chi connectivity index (χ4n) is 1.71. The lowest BCUT2D eigenvalue weighted by molar-refractivity contribution is -0.380. The van der Waals surface area contributed by atoms with E-state index in [4.69, 9.17) is 4.74 Å². The molecule has 1 aromatic rings. The maximum absolute atomic E-state index is 10.5. The highest BCUT2D eigenvalue weighted by molar-refractivity contribution is 7.18. The number of nitro groups is 1. The molecule has 0 unspecified atom stereocenters. The highest BCUT2D eigenvalue weighted by Crippen LogP contribution is 2.48. The second-order valence-electron chi connectivity index (χ2n) is 4.36. The van der Waals surface area contributed by atoms with Crippen LogP contribution in [0.2, 0.25) is 0 Å². The van der Waals surface area contributed by atoms with Crippen LogP contribution in [0.3, 0.4) is 0 Å². The molecule has 1 fully saturated rings. The number of nitrogens with one attached hydrogen (secondary N) is 1. The van der Waals surface area contributed by atoms with E-state index in [9.17, 15) is 10.1 Å². The average Bonchev–Trinajstić information content (AvgIpc) is 2.91. The molecule has 1 aliphatic rings. The third kappa shape index (κ3) is 3.13. The first kappa shape index (κ1) is 12.3. The van der Waals surface area contributed by atoms with Crippen LogP contribution in [0.1, 0.15) is 19.3 Å². The summed E-state index contributed by atoms with van der Waals surface area (Å²) >= 11 is 1.08. The van der Waals surface area contributed by atoms with Gasteiger partial charge < -0.3 is 10.1 Å². The Bertz CT molecular complexity index is 403. The van der Waals surface area contributed by atoms with Gasteiger partial charge in [-0.25, -0.2) is 4.98 Å². The molecule has 7 heteroatoms. The molecule has 0 spiro atoms. The van der Waals surface area contributed by atoms with Gasteiger partial charge in [0.2, 0.25) is 0 Å². The molecule has 1 N–H and O–H groups in total. The standard InChI is InChI=1S/C10H15N3O3S/c1-16-5-4-10(2-3-10)7-12-9-11-6-8(17-9)13(14)15/h6H,2-5,7H2,1H3,(H,11,12). The van der Waals surface area contributed by atoms with E-state index in [0.29, 0.717) is 10.5 Å². The van der Waals surface area contributed by atoms with Crippen molar-refractivity contribution in [1.82, 2.24) is 4.98 Å². The summed E-state index contributed by atoms with van der Waals surface area (Å²) < 4.78 is 5.08. The molecule has 1 saturated carbocycles. The zero-order chi connectivity index (χ0) is 12.3. The zero-order valence-electron chi connectivity index (χ0n) is 9.64. The number of ether oxygens (including phenoxy) is 1. The smallest absolute Gasteiger partial charge is 0.345 e. The molecular formula is C10H15N3O3S. The van der Waals surface area contributed by atoms with Gasteiger partial charge >= 0.3 is 5.00 Å². The number of anilines is 1. The van der Waals surface area contributed by atoms with Gasteiger partial charge in [0.05, 0.1) is 4.92 Å². The molecule has 0 atom stereocenters. The van der Waals surface area contributed by atoms with Crippen molar-refractivity contribution >= 4 is 21.5 Å². The van der Waals surface area contributed by atoms with E-state index in [1.165, 1.54) is 19.0 Å². The lowest BCUT2D eigenvalue weighted by Crippen LogP contribution is -2.17. The van der Waals surface area contributed by atoms with Gasteiger partial charge in [0, 0.05) is 20.3 Å².